The fourth-order valence-electron chi connectivity index (χ4n) is 2.77. The highest BCUT2D eigenvalue weighted by molar-refractivity contribution is 9.10. The zero-order chi connectivity index (χ0) is 13.9. The Bertz CT molecular complexity index is 602. The molecule has 2 aromatic rings. The number of hydrogen-bond donors (Lipinski definition) is 1. The number of halogens is 1. The molecular weight excluding hydrogens is 316 g/mol. The van der Waals surface area contributed by atoms with E-state index >= 15 is 0 Å². The van der Waals surface area contributed by atoms with Gasteiger partial charge in [0.1, 0.15) is 0 Å². The third-order valence-electron chi connectivity index (χ3n) is 3.86. The van der Waals surface area contributed by atoms with E-state index in [-0.39, 0.29) is 0 Å². The van der Waals surface area contributed by atoms with Gasteiger partial charge in [0.2, 0.25) is 0 Å². The lowest BCUT2D eigenvalue weighted by Gasteiger charge is -2.30. The first kappa shape index (κ1) is 13.8. The molecule has 106 valence electrons. The first-order valence-electron chi connectivity index (χ1n) is 7.18. The summed E-state index contributed by atoms with van der Waals surface area (Å²) in [5.41, 5.74) is 2.16. The van der Waals surface area contributed by atoms with Crippen LogP contribution in [0.5, 0.6) is 0 Å². The van der Waals surface area contributed by atoms with Crippen molar-refractivity contribution < 1.29 is 4.74 Å². The molecule has 2 unspecified atom stereocenters. The van der Waals surface area contributed by atoms with Gasteiger partial charge >= 0.3 is 0 Å². The highest BCUT2D eigenvalue weighted by Crippen LogP contribution is 2.27. The quantitative estimate of drug-likeness (QED) is 0.905. The molecule has 1 aliphatic rings. The van der Waals surface area contributed by atoms with Crippen molar-refractivity contribution in [2.45, 2.75) is 38.3 Å². The second-order valence-electron chi connectivity index (χ2n) is 5.30. The van der Waals surface area contributed by atoms with E-state index in [1.54, 1.807) is 0 Å². The zero-order valence-electron chi connectivity index (χ0n) is 11.6. The lowest BCUT2D eigenvalue weighted by Crippen LogP contribution is -2.33. The van der Waals surface area contributed by atoms with Gasteiger partial charge in [0, 0.05) is 28.7 Å². The van der Waals surface area contributed by atoms with Gasteiger partial charge in [-0.25, -0.2) is 0 Å². The van der Waals surface area contributed by atoms with Crippen LogP contribution >= 0.6 is 15.9 Å². The minimum atomic E-state index is 0.387. The normalized spacial score (nSPS) is 22.9. The molecule has 20 heavy (non-hydrogen) atoms. The second kappa shape index (κ2) is 6.10. The molecule has 1 fully saturated rings. The molecule has 0 radical (unpaired) electrons. The molecule has 1 aromatic heterocycles. The Hall–Kier alpha value is -1.13. The summed E-state index contributed by atoms with van der Waals surface area (Å²) in [4.78, 5) is 4.54. The molecule has 0 amide bonds. The van der Waals surface area contributed by atoms with E-state index in [4.69, 9.17) is 4.74 Å². The summed E-state index contributed by atoms with van der Waals surface area (Å²) < 4.78 is 6.75. The zero-order valence-corrected chi connectivity index (χ0v) is 13.2. The number of fused-ring (bicyclic) bond motifs is 1. The van der Waals surface area contributed by atoms with Crippen LogP contribution in [0.2, 0.25) is 0 Å². The van der Waals surface area contributed by atoms with Gasteiger partial charge in [-0.2, -0.15) is 0 Å². The summed E-state index contributed by atoms with van der Waals surface area (Å²) in [5, 5.41) is 4.81. The molecule has 1 aromatic carbocycles. The highest BCUT2D eigenvalue weighted by Gasteiger charge is 2.21. The number of anilines is 1. The topological polar surface area (TPSA) is 34.2 Å². The smallest absolute Gasteiger partial charge is 0.0934 e. The fourth-order valence-corrected chi connectivity index (χ4v) is 3.12. The predicted molar refractivity (Wildman–Crippen MR) is 86.1 cm³/mol. The summed E-state index contributed by atoms with van der Waals surface area (Å²) in [6, 6.07) is 8.86. The van der Waals surface area contributed by atoms with E-state index in [1.807, 2.05) is 6.20 Å². The first-order chi connectivity index (χ1) is 9.76. The van der Waals surface area contributed by atoms with Crippen molar-refractivity contribution in [1.29, 1.82) is 0 Å². The van der Waals surface area contributed by atoms with Gasteiger partial charge in [0.15, 0.2) is 0 Å². The molecule has 0 aliphatic carbocycles. The summed E-state index contributed by atoms with van der Waals surface area (Å²) in [5.74, 6) is 0. The van der Waals surface area contributed by atoms with E-state index in [0.29, 0.717) is 12.1 Å². The number of ether oxygens (including phenoxy) is 1. The minimum absolute atomic E-state index is 0.387. The lowest BCUT2D eigenvalue weighted by atomic mass is 10.0. The van der Waals surface area contributed by atoms with Gasteiger partial charge in [-0.15, -0.1) is 0 Å². The SMILES string of the molecule is CCC1CC(Nc2cccc3cc(Br)cnc23)CCO1. The Morgan fingerprint density at radius 3 is 3.20 bits per heavy atom. The van der Waals surface area contributed by atoms with E-state index in [1.165, 1.54) is 0 Å². The fraction of sp³-hybridized carbons (Fsp3) is 0.438. The summed E-state index contributed by atoms with van der Waals surface area (Å²) in [6.45, 7) is 3.03. The summed E-state index contributed by atoms with van der Waals surface area (Å²) >= 11 is 3.47. The average Bonchev–Trinajstić information content (AvgIpc) is 2.47. The van der Waals surface area contributed by atoms with Crippen molar-refractivity contribution in [3.05, 3.63) is 34.9 Å². The molecule has 0 saturated carbocycles. The van der Waals surface area contributed by atoms with Gasteiger partial charge < -0.3 is 10.1 Å². The number of aromatic nitrogens is 1. The number of para-hydroxylation sites is 1. The largest absolute Gasteiger partial charge is 0.380 e. The molecule has 1 N–H and O–H groups in total. The van der Waals surface area contributed by atoms with Crippen LogP contribution in [0.4, 0.5) is 5.69 Å². The summed E-state index contributed by atoms with van der Waals surface area (Å²) in [7, 11) is 0. The van der Waals surface area contributed by atoms with Crippen LogP contribution in [0.3, 0.4) is 0 Å². The maximum absolute atomic E-state index is 5.74. The molecule has 1 aliphatic heterocycles. The van der Waals surface area contributed by atoms with Crippen molar-refractivity contribution in [3.63, 3.8) is 0 Å². The number of pyridine rings is 1. The number of hydrogen-bond acceptors (Lipinski definition) is 3. The van der Waals surface area contributed by atoms with Crippen molar-refractivity contribution in [3.8, 4) is 0 Å². The number of rotatable bonds is 3. The van der Waals surface area contributed by atoms with Gasteiger partial charge in [0.05, 0.1) is 17.3 Å². The predicted octanol–water partition coefficient (Wildman–Crippen LogP) is 4.37. The van der Waals surface area contributed by atoms with E-state index in [9.17, 15) is 0 Å². The molecule has 0 bridgehead atoms. The van der Waals surface area contributed by atoms with Crippen LogP contribution in [-0.2, 0) is 4.74 Å². The van der Waals surface area contributed by atoms with Crippen LogP contribution in [-0.4, -0.2) is 23.7 Å². The lowest BCUT2D eigenvalue weighted by molar-refractivity contribution is 0.00927. The molecule has 3 rings (SSSR count). The highest BCUT2D eigenvalue weighted by atomic mass is 79.9. The van der Waals surface area contributed by atoms with Crippen LogP contribution in [0.15, 0.2) is 34.9 Å². The molecule has 4 heteroatoms. The average molecular weight is 335 g/mol. The standard InChI is InChI=1S/C16H19BrN2O/c1-2-14-9-13(6-7-20-14)19-15-5-3-4-11-8-12(17)10-18-16(11)15/h3-5,8,10,13-14,19H,2,6-7,9H2,1H3. The summed E-state index contributed by atoms with van der Waals surface area (Å²) in [6.07, 6.45) is 5.45. The Balaban J connectivity index is 1.83. The van der Waals surface area contributed by atoms with Gasteiger partial charge in [-0.1, -0.05) is 19.1 Å². The maximum Gasteiger partial charge on any atom is 0.0934 e. The number of nitrogens with one attached hydrogen (secondary N) is 1. The third kappa shape index (κ3) is 2.96. The van der Waals surface area contributed by atoms with Gasteiger partial charge in [-0.05, 0) is 47.3 Å². The minimum Gasteiger partial charge on any atom is -0.380 e. The number of benzene rings is 1. The molecule has 0 spiro atoms. The number of nitrogens with zero attached hydrogens (tertiary/aromatic N) is 1. The Labute approximate surface area is 127 Å². The van der Waals surface area contributed by atoms with E-state index in [2.05, 4.69) is 57.4 Å². The molecule has 3 nitrogen and oxygen atoms in total. The third-order valence-corrected chi connectivity index (χ3v) is 4.29. The van der Waals surface area contributed by atoms with Crippen molar-refractivity contribution in [2.75, 3.05) is 11.9 Å². The Morgan fingerprint density at radius 1 is 1.45 bits per heavy atom. The van der Waals surface area contributed by atoms with Crippen LogP contribution < -0.4 is 5.32 Å². The van der Waals surface area contributed by atoms with Crippen LogP contribution in [0, 0.1) is 0 Å². The van der Waals surface area contributed by atoms with Crippen molar-refractivity contribution >= 4 is 32.5 Å². The van der Waals surface area contributed by atoms with Gasteiger partial charge in [-0.3, -0.25) is 4.98 Å². The molecule has 1 saturated heterocycles. The van der Waals surface area contributed by atoms with Crippen molar-refractivity contribution in [1.82, 2.24) is 4.98 Å². The van der Waals surface area contributed by atoms with Gasteiger partial charge in [0.25, 0.3) is 0 Å². The van der Waals surface area contributed by atoms with Crippen LogP contribution in [0.1, 0.15) is 26.2 Å². The first-order valence-corrected chi connectivity index (χ1v) is 7.98. The Kier molecular flexibility index (Phi) is 4.22. The maximum atomic E-state index is 5.74. The van der Waals surface area contributed by atoms with E-state index < -0.39 is 0 Å². The molecular formula is C16H19BrN2O. The Morgan fingerprint density at radius 2 is 2.35 bits per heavy atom. The molecule has 2 heterocycles. The second-order valence-corrected chi connectivity index (χ2v) is 6.21. The van der Waals surface area contributed by atoms with Crippen molar-refractivity contribution in [2.24, 2.45) is 0 Å². The van der Waals surface area contributed by atoms with Crippen LogP contribution in [0.25, 0.3) is 10.9 Å². The molecule has 2 atom stereocenters. The van der Waals surface area contributed by atoms with E-state index in [0.717, 1.165) is 46.9 Å². The monoisotopic (exact) mass is 334 g/mol.